The van der Waals surface area contributed by atoms with Crippen LogP contribution in [0, 0.1) is 0 Å². The number of amides is 2. The van der Waals surface area contributed by atoms with E-state index in [9.17, 15) is 4.79 Å². The second-order valence-corrected chi connectivity index (χ2v) is 6.77. The highest BCUT2D eigenvalue weighted by molar-refractivity contribution is 5.75. The van der Waals surface area contributed by atoms with Gasteiger partial charge in [0.25, 0.3) is 0 Å². The van der Waals surface area contributed by atoms with Crippen molar-refractivity contribution in [2.45, 2.75) is 25.3 Å². The Labute approximate surface area is 147 Å². The van der Waals surface area contributed by atoms with Gasteiger partial charge in [0.15, 0.2) is 0 Å². The monoisotopic (exact) mass is 341 g/mol. The standard InChI is InChI=1S/C18H23N5O2/c1-21-10-14-11-23(18(24)22-7-2-3-8-22)12-15(17(14)20-21)13-25-16-5-4-6-19-9-16/h4-6,9-10,15H,2-3,7-8,11-13H2,1H3. The van der Waals surface area contributed by atoms with Gasteiger partial charge in [-0.2, -0.15) is 5.10 Å². The molecule has 7 nitrogen and oxygen atoms in total. The molecule has 1 saturated heterocycles. The van der Waals surface area contributed by atoms with Gasteiger partial charge in [0.05, 0.1) is 31.0 Å². The van der Waals surface area contributed by atoms with Gasteiger partial charge < -0.3 is 14.5 Å². The van der Waals surface area contributed by atoms with Gasteiger partial charge in [-0.1, -0.05) is 0 Å². The van der Waals surface area contributed by atoms with Crippen molar-refractivity contribution in [3.63, 3.8) is 0 Å². The Morgan fingerprint density at radius 2 is 2.16 bits per heavy atom. The summed E-state index contributed by atoms with van der Waals surface area (Å²) in [7, 11) is 1.92. The Kier molecular flexibility index (Phi) is 4.29. The van der Waals surface area contributed by atoms with E-state index < -0.39 is 0 Å². The zero-order chi connectivity index (χ0) is 17.2. The molecule has 0 N–H and O–H groups in total. The molecule has 25 heavy (non-hydrogen) atoms. The number of hydrogen-bond acceptors (Lipinski definition) is 4. The molecule has 0 aromatic carbocycles. The van der Waals surface area contributed by atoms with Crippen LogP contribution in [0.2, 0.25) is 0 Å². The fraction of sp³-hybridized carbons (Fsp3) is 0.500. The predicted molar refractivity (Wildman–Crippen MR) is 92.3 cm³/mol. The molecule has 1 unspecified atom stereocenters. The lowest BCUT2D eigenvalue weighted by molar-refractivity contribution is 0.143. The number of carbonyl (C=O) groups excluding carboxylic acids is 1. The minimum Gasteiger partial charge on any atom is -0.491 e. The van der Waals surface area contributed by atoms with E-state index in [4.69, 9.17) is 4.74 Å². The summed E-state index contributed by atoms with van der Waals surface area (Å²) >= 11 is 0. The van der Waals surface area contributed by atoms with E-state index in [1.807, 2.05) is 39.9 Å². The molecule has 0 saturated carbocycles. The van der Waals surface area contributed by atoms with Crippen molar-refractivity contribution in [3.05, 3.63) is 42.0 Å². The summed E-state index contributed by atoms with van der Waals surface area (Å²) in [5.74, 6) is 0.805. The number of pyridine rings is 1. The van der Waals surface area contributed by atoms with Gasteiger partial charge in [-0.15, -0.1) is 0 Å². The van der Waals surface area contributed by atoms with Crippen molar-refractivity contribution in [1.82, 2.24) is 24.6 Å². The number of fused-ring (bicyclic) bond motifs is 1. The largest absolute Gasteiger partial charge is 0.491 e. The van der Waals surface area contributed by atoms with Crippen LogP contribution in [0.1, 0.15) is 30.0 Å². The van der Waals surface area contributed by atoms with E-state index >= 15 is 0 Å². The normalized spacial score (nSPS) is 19.8. The third-order valence-corrected chi connectivity index (χ3v) is 4.86. The number of carbonyl (C=O) groups is 1. The topological polar surface area (TPSA) is 63.5 Å². The van der Waals surface area contributed by atoms with Crippen molar-refractivity contribution in [3.8, 4) is 5.75 Å². The van der Waals surface area contributed by atoms with Crippen LogP contribution in [-0.2, 0) is 13.6 Å². The Bertz CT molecular complexity index is 739. The molecule has 0 aliphatic carbocycles. The maximum Gasteiger partial charge on any atom is 0.320 e. The van der Waals surface area contributed by atoms with Crippen LogP contribution in [0.15, 0.2) is 30.7 Å². The van der Waals surface area contributed by atoms with Crippen LogP contribution >= 0.6 is 0 Å². The molecule has 0 bridgehead atoms. The molecular weight excluding hydrogens is 318 g/mol. The molecule has 2 aromatic heterocycles. The fourth-order valence-electron chi connectivity index (χ4n) is 3.66. The van der Waals surface area contributed by atoms with Gasteiger partial charge >= 0.3 is 6.03 Å². The van der Waals surface area contributed by atoms with E-state index in [-0.39, 0.29) is 11.9 Å². The molecule has 2 aromatic rings. The van der Waals surface area contributed by atoms with Gasteiger partial charge in [0.1, 0.15) is 5.75 Å². The molecular formula is C18H23N5O2. The molecule has 4 heterocycles. The summed E-state index contributed by atoms with van der Waals surface area (Å²) in [5.41, 5.74) is 2.15. The third-order valence-electron chi connectivity index (χ3n) is 4.86. The lowest BCUT2D eigenvalue weighted by atomic mass is 9.97. The number of hydrogen-bond donors (Lipinski definition) is 0. The second-order valence-electron chi connectivity index (χ2n) is 6.77. The number of likely N-dealkylation sites (tertiary alicyclic amines) is 1. The van der Waals surface area contributed by atoms with E-state index in [1.165, 1.54) is 0 Å². The van der Waals surface area contributed by atoms with Crippen LogP contribution in [0.25, 0.3) is 0 Å². The molecule has 132 valence electrons. The molecule has 1 atom stereocenters. The lowest BCUT2D eigenvalue weighted by Gasteiger charge is -2.34. The SMILES string of the molecule is Cn1cc2c(n1)C(COc1cccnc1)CN(C(=O)N1CCCC1)C2. The molecule has 0 spiro atoms. The summed E-state index contributed by atoms with van der Waals surface area (Å²) in [4.78, 5) is 20.8. The van der Waals surface area contributed by atoms with Crippen molar-refractivity contribution in [1.29, 1.82) is 0 Å². The Morgan fingerprint density at radius 3 is 2.92 bits per heavy atom. The Morgan fingerprint density at radius 1 is 1.32 bits per heavy atom. The number of nitrogens with zero attached hydrogens (tertiary/aromatic N) is 5. The lowest BCUT2D eigenvalue weighted by Crippen LogP contribution is -2.46. The Balaban J connectivity index is 1.51. The number of rotatable bonds is 3. The highest BCUT2D eigenvalue weighted by Gasteiger charge is 2.33. The minimum absolute atomic E-state index is 0.0664. The van der Waals surface area contributed by atoms with E-state index in [0.29, 0.717) is 19.7 Å². The quantitative estimate of drug-likeness (QED) is 0.857. The first-order valence-electron chi connectivity index (χ1n) is 8.80. The first kappa shape index (κ1) is 15.9. The maximum absolute atomic E-state index is 12.8. The zero-order valence-corrected chi connectivity index (χ0v) is 14.5. The first-order chi connectivity index (χ1) is 12.2. The summed E-state index contributed by atoms with van der Waals surface area (Å²) in [6, 6.07) is 3.88. The number of aryl methyl sites for hydroxylation is 1. The summed E-state index contributed by atoms with van der Waals surface area (Å²) < 4.78 is 7.73. The molecule has 2 aliphatic heterocycles. The predicted octanol–water partition coefficient (Wildman–Crippen LogP) is 2.01. The average molecular weight is 341 g/mol. The van der Waals surface area contributed by atoms with Crippen LogP contribution in [0.3, 0.4) is 0 Å². The van der Waals surface area contributed by atoms with Gasteiger partial charge in [0.2, 0.25) is 0 Å². The van der Waals surface area contributed by atoms with Crippen LogP contribution in [0.4, 0.5) is 4.79 Å². The number of ether oxygens (including phenoxy) is 1. The van der Waals surface area contributed by atoms with Gasteiger partial charge in [-0.25, -0.2) is 4.79 Å². The summed E-state index contributed by atoms with van der Waals surface area (Å²) in [5, 5.41) is 4.61. The highest BCUT2D eigenvalue weighted by Crippen LogP contribution is 2.29. The molecule has 0 radical (unpaired) electrons. The second kappa shape index (κ2) is 6.74. The van der Waals surface area contributed by atoms with Crippen molar-refractivity contribution in [2.24, 2.45) is 7.05 Å². The van der Waals surface area contributed by atoms with E-state index in [2.05, 4.69) is 10.1 Å². The Hall–Kier alpha value is -2.57. The zero-order valence-electron chi connectivity index (χ0n) is 14.5. The molecule has 2 amide bonds. The summed E-state index contributed by atoms with van der Waals surface area (Å²) in [6.45, 7) is 3.49. The molecule has 4 rings (SSSR count). The van der Waals surface area contributed by atoms with Crippen molar-refractivity contribution in [2.75, 3.05) is 26.2 Å². The van der Waals surface area contributed by atoms with E-state index in [1.54, 1.807) is 12.4 Å². The average Bonchev–Trinajstić information content (AvgIpc) is 3.28. The minimum atomic E-state index is 0.0664. The van der Waals surface area contributed by atoms with Crippen LogP contribution < -0.4 is 4.74 Å². The number of urea groups is 1. The van der Waals surface area contributed by atoms with Gasteiger partial charge in [-0.3, -0.25) is 9.67 Å². The highest BCUT2D eigenvalue weighted by atomic mass is 16.5. The molecule has 2 aliphatic rings. The van der Waals surface area contributed by atoms with Gasteiger partial charge in [0, 0.05) is 44.6 Å². The number of aromatic nitrogens is 3. The van der Waals surface area contributed by atoms with Crippen LogP contribution in [0.5, 0.6) is 5.75 Å². The molecule has 7 heteroatoms. The van der Waals surface area contributed by atoms with E-state index in [0.717, 1.165) is 42.9 Å². The maximum atomic E-state index is 12.8. The third kappa shape index (κ3) is 3.31. The summed E-state index contributed by atoms with van der Waals surface area (Å²) in [6.07, 6.45) is 7.64. The smallest absolute Gasteiger partial charge is 0.320 e. The fourth-order valence-corrected chi connectivity index (χ4v) is 3.66. The van der Waals surface area contributed by atoms with Crippen LogP contribution in [-0.4, -0.2) is 56.8 Å². The van der Waals surface area contributed by atoms with Crippen molar-refractivity contribution < 1.29 is 9.53 Å². The first-order valence-corrected chi connectivity index (χ1v) is 8.80. The van der Waals surface area contributed by atoms with Gasteiger partial charge in [-0.05, 0) is 25.0 Å². The molecule has 1 fully saturated rings. The van der Waals surface area contributed by atoms with Crippen molar-refractivity contribution >= 4 is 6.03 Å².